The van der Waals surface area contributed by atoms with E-state index in [1.54, 1.807) is 35.1 Å². The molecule has 2 saturated heterocycles. The van der Waals surface area contributed by atoms with Crippen molar-refractivity contribution in [2.24, 2.45) is 0 Å². The number of rotatable bonds is 5. The van der Waals surface area contributed by atoms with Crippen LogP contribution in [0.5, 0.6) is 0 Å². The molecule has 38 heavy (non-hydrogen) atoms. The van der Waals surface area contributed by atoms with E-state index in [0.29, 0.717) is 43.0 Å². The van der Waals surface area contributed by atoms with Gasteiger partial charge in [0.2, 0.25) is 0 Å². The molecule has 2 aromatic carbocycles. The summed E-state index contributed by atoms with van der Waals surface area (Å²) < 4.78 is 54.3. The van der Waals surface area contributed by atoms with Crippen molar-refractivity contribution in [3.8, 4) is 11.3 Å². The first-order valence-electron chi connectivity index (χ1n) is 12.0. The van der Waals surface area contributed by atoms with Crippen molar-refractivity contribution in [1.29, 1.82) is 0 Å². The van der Waals surface area contributed by atoms with Crippen molar-refractivity contribution in [2.45, 2.75) is 38.5 Å². The van der Waals surface area contributed by atoms with E-state index in [0.717, 1.165) is 6.07 Å². The van der Waals surface area contributed by atoms with E-state index in [1.165, 1.54) is 18.1 Å². The van der Waals surface area contributed by atoms with Crippen molar-refractivity contribution in [2.75, 3.05) is 31.6 Å². The molecule has 0 aliphatic carbocycles. The summed E-state index contributed by atoms with van der Waals surface area (Å²) in [4.78, 5) is 27.9. The predicted molar refractivity (Wildman–Crippen MR) is 132 cm³/mol. The summed E-state index contributed by atoms with van der Waals surface area (Å²) in [6.45, 7) is 7.31. The Balaban J connectivity index is 1.33. The second-order valence-corrected chi connectivity index (χ2v) is 10.7. The molecule has 0 saturated carbocycles. The Hall–Kier alpha value is -3.86. The highest BCUT2D eigenvalue weighted by atomic mass is 19.2. The molecular formula is C27H27F3N4O4. The number of aromatic nitrogens is 2. The molecule has 1 spiro atoms. The average molecular weight is 529 g/mol. The number of halogens is 3. The number of carbonyl (C=O) groups excluding carboxylic acids is 2. The first-order valence-corrected chi connectivity index (χ1v) is 12.0. The summed E-state index contributed by atoms with van der Waals surface area (Å²) in [6, 6.07) is 8.55. The molecule has 0 bridgehead atoms. The maximum atomic E-state index is 14.7. The smallest absolute Gasteiger partial charge is 0.415 e. The van der Waals surface area contributed by atoms with Crippen LogP contribution in [0.1, 0.15) is 36.7 Å². The first kappa shape index (κ1) is 25.8. The molecule has 2 fully saturated rings. The van der Waals surface area contributed by atoms with Crippen LogP contribution in [0, 0.1) is 17.5 Å². The number of benzene rings is 2. The SMILES string of the molecule is COC(=O)c1ccc(N2CC3(CN(Cc4cn(C(C)(C)C)nc4-c4ccc(F)c(F)c4F)C3)OC2=O)cc1. The summed E-state index contributed by atoms with van der Waals surface area (Å²) in [5, 5.41) is 4.51. The van der Waals surface area contributed by atoms with E-state index in [-0.39, 0.29) is 11.3 Å². The largest absolute Gasteiger partial charge is 0.465 e. The van der Waals surface area contributed by atoms with E-state index in [4.69, 9.17) is 9.47 Å². The number of likely N-dealkylation sites (tertiary alicyclic amines) is 1. The van der Waals surface area contributed by atoms with Crippen LogP contribution in [0.25, 0.3) is 11.3 Å². The Bertz CT molecular complexity index is 1410. The third-order valence-electron chi connectivity index (χ3n) is 6.76. The van der Waals surface area contributed by atoms with Crippen molar-refractivity contribution in [3.05, 3.63) is 71.2 Å². The minimum atomic E-state index is -1.54. The molecule has 8 nitrogen and oxygen atoms in total. The van der Waals surface area contributed by atoms with Crippen LogP contribution in [0.2, 0.25) is 0 Å². The molecule has 0 unspecified atom stereocenters. The molecule has 5 rings (SSSR count). The second-order valence-electron chi connectivity index (χ2n) is 10.7. The van der Waals surface area contributed by atoms with Crippen molar-refractivity contribution in [3.63, 3.8) is 0 Å². The van der Waals surface area contributed by atoms with E-state index in [1.807, 2.05) is 25.7 Å². The Kier molecular flexibility index (Phi) is 6.21. The number of esters is 1. The van der Waals surface area contributed by atoms with Gasteiger partial charge in [-0.15, -0.1) is 0 Å². The van der Waals surface area contributed by atoms with Crippen LogP contribution in [-0.4, -0.2) is 59.1 Å². The summed E-state index contributed by atoms with van der Waals surface area (Å²) in [6.07, 6.45) is 1.29. The normalized spacial score (nSPS) is 17.0. The standard InChI is InChI=1S/C27H27F3N4O4/c1-26(2,3)34-12-17(23(31-34)19-9-10-20(28)22(30)21(19)29)11-32-13-27(14-32)15-33(25(36)38-27)18-7-5-16(6-8-18)24(35)37-4/h5-10,12H,11,13-15H2,1-4H3. The van der Waals surface area contributed by atoms with Gasteiger partial charge < -0.3 is 9.47 Å². The van der Waals surface area contributed by atoms with Crippen LogP contribution in [0.4, 0.5) is 23.7 Å². The number of carbonyl (C=O) groups is 2. The lowest BCUT2D eigenvalue weighted by molar-refractivity contribution is -0.0763. The Labute approximate surface area is 217 Å². The molecule has 200 valence electrons. The number of amides is 1. The Morgan fingerprint density at radius 3 is 2.37 bits per heavy atom. The van der Waals surface area contributed by atoms with Gasteiger partial charge in [-0.3, -0.25) is 14.5 Å². The van der Waals surface area contributed by atoms with Gasteiger partial charge in [-0.2, -0.15) is 5.10 Å². The highest BCUT2D eigenvalue weighted by Crippen LogP contribution is 2.37. The zero-order valence-electron chi connectivity index (χ0n) is 21.4. The summed E-state index contributed by atoms with van der Waals surface area (Å²) >= 11 is 0. The highest BCUT2D eigenvalue weighted by molar-refractivity contribution is 5.93. The van der Waals surface area contributed by atoms with Gasteiger partial charge >= 0.3 is 12.1 Å². The summed E-state index contributed by atoms with van der Waals surface area (Å²) in [5.41, 5.74) is 0.575. The van der Waals surface area contributed by atoms with E-state index in [9.17, 15) is 22.8 Å². The number of nitrogens with zero attached hydrogens (tertiary/aromatic N) is 4. The molecule has 11 heteroatoms. The predicted octanol–water partition coefficient (Wildman–Crippen LogP) is 4.72. The van der Waals surface area contributed by atoms with E-state index >= 15 is 0 Å². The van der Waals surface area contributed by atoms with Gasteiger partial charge in [-0.25, -0.2) is 22.8 Å². The third-order valence-corrected chi connectivity index (χ3v) is 6.76. The van der Waals surface area contributed by atoms with Gasteiger partial charge in [-0.05, 0) is 57.2 Å². The van der Waals surface area contributed by atoms with Gasteiger partial charge in [0.25, 0.3) is 0 Å². The van der Waals surface area contributed by atoms with Gasteiger partial charge in [0.05, 0.1) is 30.5 Å². The highest BCUT2D eigenvalue weighted by Gasteiger charge is 2.54. The fourth-order valence-electron chi connectivity index (χ4n) is 4.81. The third kappa shape index (κ3) is 4.51. The van der Waals surface area contributed by atoms with Crippen LogP contribution >= 0.6 is 0 Å². The van der Waals surface area contributed by atoms with Gasteiger partial charge in [0.15, 0.2) is 23.1 Å². The molecule has 0 N–H and O–H groups in total. The van der Waals surface area contributed by atoms with Crippen molar-refractivity contribution < 1.29 is 32.2 Å². The minimum Gasteiger partial charge on any atom is -0.465 e. The zero-order chi connectivity index (χ0) is 27.4. The molecule has 3 aromatic rings. The molecular weight excluding hydrogens is 501 g/mol. The maximum absolute atomic E-state index is 14.7. The summed E-state index contributed by atoms with van der Waals surface area (Å²) in [5.74, 6) is -4.56. The minimum absolute atomic E-state index is 0.119. The van der Waals surface area contributed by atoms with Crippen molar-refractivity contribution >= 4 is 17.7 Å². The number of hydrogen-bond acceptors (Lipinski definition) is 6. The lowest BCUT2D eigenvalue weighted by atomic mass is 9.93. The maximum Gasteiger partial charge on any atom is 0.415 e. The van der Waals surface area contributed by atoms with Crippen LogP contribution in [0.3, 0.4) is 0 Å². The number of methoxy groups -OCH3 is 1. The molecule has 2 aliphatic heterocycles. The van der Waals surface area contributed by atoms with E-state index in [2.05, 4.69) is 5.10 Å². The molecule has 2 aliphatic rings. The second kappa shape index (κ2) is 9.16. The molecule has 0 radical (unpaired) electrons. The Morgan fingerprint density at radius 2 is 1.74 bits per heavy atom. The topological polar surface area (TPSA) is 76.9 Å². The van der Waals surface area contributed by atoms with Crippen molar-refractivity contribution in [1.82, 2.24) is 14.7 Å². The van der Waals surface area contributed by atoms with Crippen LogP contribution in [-0.2, 0) is 21.6 Å². The molecule has 0 atom stereocenters. The fourth-order valence-corrected chi connectivity index (χ4v) is 4.81. The quantitative estimate of drug-likeness (QED) is 0.352. The number of hydrogen-bond donors (Lipinski definition) is 0. The fraction of sp³-hybridized carbons (Fsp3) is 0.370. The van der Waals surface area contributed by atoms with Gasteiger partial charge in [0.1, 0.15) is 0 Å². The average Bonchev–Trinajstić information content (AvgIpc) is 3.44. The van der Waals surface area contributed by atoms with Gasteiger partial charge in [0, 0.05) is 42.6 Å². The van der Waals surface area contributed by atoms with Crippen LogP contribution < -0.4 is 4.90 Å². The number of ether oxygens (including phenoxy) is 2. The number of anilines is 1. The molecule has 3 heterocycles. The zero-order valence-corrected chi connectivity index (χ0v) is 21.4. The monoisotopic (exact) mass is 528 g/mol. The lowest BCUT2D eigenvalue weighted by Crippen LogP contribution is -2.63. The molecule has 1 amide bonds. The lowest BCUT2D eigenvalue weighted by Gasteiger charge is -2.45. The first-order chi connectivity index (χ1) is 17.9. The molecule has 1 aromatic heterocycles. The summed E-state index contributed by atoms with van der Waals surface area (Å²) in [7, 11) is 1.30. The Morgan fingerprint density at radius 1 is 1.05 bits per heavy atom. The van der Waals surface area contributed by atoms with E-state index < -0.39 is 40.7 Å². The van der Waals surface area contributed by atoms with Crippen LogP contribution in [0.15, 0.2) is 42.6 Å². The van der Waals surface area contributed by atoms with Gasteiger partial charge in [-0.1, -0.05) is 0 Å².